The first-order valence-electron chi connectivity index (χ1n) is 5.88. The van der Waals surface area contributed by atoms with E-state index in [9.17, 15) is 9.59 Å². The van der Waals surface area contributed by atoms with Gasteiger partial charge < -0.3 is 15.7 Å². The number of hydrogen-bond acceptors (Lipinski definition) is 2. The van der Waals surface area contributed by atoms with Crippen molar-refractivity contribution < 1.29 is 14.7 Å². The maximum atomic E-state index is 11.4. The summed E-state index contributed by atoms with van der Waals surface area (Å²) < 4.78 is 0. The average Bonchev–Trinajstić information content (AvgIpc) is 2.31. The quantitative estimate of drug-likeness (QED) is 0.448. The lowest BCUT2D eigenvalue weighted by atomic mass is 9.82. The molecule has 0 aromatic heterocycles. The van der Waals surface area contributed by atoms with Crippen LogP contribution in [0.3, 0.4) is 0 Å². The second-order valence-corrected chi connectivity index (χ2v) is 3.98. The molecule has 0 aromatic rings. The van der Waals surface area contributed by atoms with Crippen molar-refractivity contribution in [3.05, 3.63) is 12.7 Å². The van der Waals surface area contributed by atoms with Crippen LogP contribution in [0.15, 0.2) is 12.7 Å². The van der Waals surface area contributed by atoms with E-state index in [4.69, 9.17) is 5.11 Å². The Morgan fingerprint density at radius 3 is 2.29 bits per heavy atom. The number of amides is 2. The molecule has 5 heteroatoms. The second kappa shape index (κ2) is 7.70. The van der Waals surface area contributed by atoms with Gasteiger partial charge in [-0.3, -0.25) is 4.79 Å². The number of carboxylic acid groups (broad SMARTS) is 1. The van der Waals surface area contributed by atoms with Crippen LogP contribution in [0.25, 0.3) is 0 Å². The Bertz CT molecular complexity index is 273. The first kappa shape index (κ1) is 15.5. The predicted molar refractivity (Wildman–Crippen MR) is 66.9 cm³/mol. The maximum Gasteiger partial charge on any atom is 0.314 e. The van der Waals surface area contributed by atoms with Crippen molar-refractivity contribution in [3.8, 4) is 0 Å². The summed E-state index contributed by atoms with van der Waals surface area (Å²) in [6, 6.07) is -0.334. The molecule has 17 heavy (non-hydrogen) atoms. The molecule has 0 aliphatic heterocycles. The third-order valence-electron chi connectivity index (χ3n) is 3.03. The molecule has 0 aliphatic rings. The summed E-state index contributed by atoms with van der Waals surface area (Å²) in [5, 5.41) is 14.4. The number of hydrogen-bond donors (Lipinski definition) is 3. The molecule has 0 fully saturated rings. The van der Waals surface area contributed by atoms with Gasteiger partial charge in [-0.25, -0.2) is 4.79 Å². The molecule has 2 amide bonds. The van der Waals surface area contributed by atoms with E-state index in [-0.39, 0.29) is 12.6 Å². The molecule has 5 nitrogen and oxygen atoms in total. The van der Waals surface area contributed by atoms with E-state index in [1.807, 2.05) is 13.8 Å². The van der Waals surface area contributed by atoms with Gasteiger partial charge in [-0.2, -0.15) is 0 Å². The van der Waals surface area contributed by atoms with Gasteiger partial charge in [0.2, 0.25) is 0 Å². The number of carboxylic acids is 1. The first-order chi connectivity index (χ1) is 8.02. The first-order valence-corrected chi connectivity index (χ1v) is 5.88. The topological polar surface area (TPSA) is 78.4 Å². The van der Waals surface area contributed by atoms with Crippen molar-refractivity contribution in [2.75, 3.05) is 13.1 Å². The number of carbonyl (C=O) groups is 2. The molecular formula is C12H22N2O3. The Morgan fingerprint density at radius 2 is 1.88 bits per heavy atom. The minimum atomic E-state index is -0.867. The fraction of sp³-hybridized carbons (Fsp3) is 0.667. The largest absolute Gasteiger partial charge is 0.481 e. The van der Waals surface area contributed by atoms with Gasteiger partial charge in [0.1, 0.15) is 0 Å². The fourth-order valence-corrected chi connectivity index (χ4v) is 1.48. The van der Waals surface area contributed by atoms with E-state index < -0.39 is 11.4 Å². The van der Waals surface area contributed by atoms with Gasteiger partial charge in [-0.15, -0.1) is 6.58 Å². The molecule has 0 aromatic carbocycles. The monoisotopic (exact) mass is 242 g/mol. The predicted octanol–water partition coefficient (Wildman–Crippen LogP) is 1.75. The van der Waals surface area contributed by atoms with Gasteiger partial charge >= 0.3 is 12.0 Å². The van der Waals surface area contributed by atoms with Crippen molar-refractivity contribution in [2.24, 2.45) is 5.41 Å². The third-order valence-corrected chi connectivity index (χ3v) is 3.03. The Morgan fingerprint density at radius 1 is 1.29 bits per heavy atom. The lowest BCUT2D eigenvalue weighted by Crippen LogP contribution is -2.45. The van der Waals surface area contributed by atoms with Crippen LogP contribution in [-0.4, -0.2) is 30.2 Å². The van der Waals surface area contributed by atoms with Crippen LogP contribution >= 0.6 is 0 Å². The van der Waals surface area contributed by atoms with Gasteiger partial charge in [0.15, 0.2) is 0 Å². The number of urea groups is 1. The molecule has 0 saturated carbocycles. The highest BCUT2D eigenvalue weighted by Crippen LogP contribution is 2.25. The van der Waals surface area contributed by atoms with Gasteiger partial charge in [0.05, 0.1) is 5.41 Å². The molecule has 0 aliphatic carbocycles. The standard InChI is InChI=1S/C12H22N2O3/c1-4-7-8-13-11(17)14-9-12(5-2,6-3)10(15)16/h4H,1,5-9H2,2-3H3,(H,15,16)(H2,13,14,17). The molecule has 0 bridgehead atoms. The molecule has 0 heterocycles. The van der Waals surface area contributed by atoms with Gasteiger partial charge in [0, 0.05) is 13.1 Å². The second-order valence-electron chi connectivity index (χ2n) is 3.98. The lowest BCUT2D eigenvalue weighted by molar-refractivity contribution is -0.149. The number of rotatable bonds is 8. The normalized spacial score (nSPS) is 10.7. The van der Waals surface area contributed by atoms with Crippen LogP contribution in [0.2, 0.25) is 0 Å². The van der Waals surface area contributed by atoms with Gasteiger partial charge in [-0.05, 0) is 19.3 Å². The van der Waals surface area contributed by atoms with Crippen molar-refractivity contribution in [1.82, 2.24) is 10.6 Å². The number of nitrogens with one attached hydrogen (secondary N) is 2. The SMILES string of the molecule is C=CCCNC(=O)NCC(CC)(CC)C(=O)O. The van der Waals surface area contributed by atoms with Crippen molar-refractivity contribution >= 4 is 12.0 Å². The fourth-order valence-electron chi connectivity index (χ4n) is 1.48. The van der Waals surface area contributed by atoms with E-state index in [0.717, 1.165) is 0 Å². The molecule has 0 rings (SSSR count). The average molecular weight is 242 g/mol. The van der Waals surface area contributed by atoms with E-state index in [2.05, 4.69) is 17.2 Å². The summed E-state index contributed by atoms with van der Waals surface area (Å²) >= 11 is 0. The smallest absolute Gasteiger partial charge is 0.314 e. The number of aliphatic carboxylic acids is 1. The number of carbonyl (C=O) groups excluding carboxylic acids is 1. The molecule has 0 saturated heterocycles. The van der Waals surface area contributed by atoms with E-state index >= 15 is 0 Å². The van der Waals surface area contributed by atoms with Crippen LogP contribution in [0.1, 0.15) is 33.1 Å². The summed E-state index contributed by atoms with van der Waals surface area (Å²) in [6.45, 7) is 7.83. The van der Waals surface area contributed by atoms with E-state index in [1.165, 1.54) is 0 Å². The zero-order valence-corrected chi connectivity index (χ0v) is 10.6. The maximum absolute atomic E-state index is 11.4. The summed E-state index contributed by atoms with van der Waals surface area (Å²) in [5.41, 5.74) is -0.865. The van der Waals surface area contributed by atoms with E-state index in [0.29, 0.717) is 25.8 Å². The Labute approximate surface area is 102 Å². The highest BCUT2D eigenvalue weighted by atomic mass is 16.4. The summed E-state index contributed by atoms with van der Waals surface area (Å²) in [5.74, 6) is -0.867. The molecule has 98 valence electrons. The van der Waals surface area contributed by atoms with Gasteiger partial charge in [0.25, 0.3) is 0 Å². The van der Waals surface area contributed by atoms with Crippen LogP contribution in [0.4, 0.5) is 4.79 Å². The van der Waals surface area contributed by atoms with Crippen molar-refractivity contribution in [3.63, 3.8) is 0 Å². The summed E-state index contributed by atoms with van der Waals surface area (Å²) in [4.78, 5) is 22.5. The molecule has 0 atom stereocenters. The molecular weight excluding hydrogens is 220 g/mol. The van der Waals surface area contributed by atoms with Crippen LogP contribution < -0.4 is 10.6 Å². The van der Waals surface area contributed by atoms with Crippen molar-refractivity contribution in [1.29, 1.82) is 0 Å². The van der Waals surface area contributed by atoms with Crippen LogP contribution in [0.5, 0.6) is 0 Å². The lowest BCUT2D eigenvalue weighted by Gasteiger charge is -2.26. The molecule has 3 N–H and O–H groups in total. The molecule has 0 radical (unpaired) electrons. The Kier molecular flexibility index (Phi) is 7.02. The Balaban J connectivity index is 4.17. The highest BCUT2D eigenvalue weighted by molar-refractivity contribution is 5.78. The third kappa shape index (κ3) is 4.89. The van der Waals surface area contributed by atoms with Crippen molar-refractivity contribution in [2.45, 2.75) is 33.1 Å². The Hall–Kier alpha value is -1.52. The zero-order chi connectivity index (χ0) is 13.3. The molecule has 0 unspecified atom stereocenters. The van der Waals surface area contributed by atoms with Gasteiger partial charge in [-0.1, -0.05) is 19.9 Å². The highest BCUT2D eigenvalue weighted by Gasteiger charge is 2.34. The minimum absolute atomic E-state index is 0.148. The van der Waals surface area contributed by atoms with Crippen LogP contribution in [0, 0.1) is 5.41 Å². The van der Waals surface area contributed by atoms with Crippen LogP contribution in [-0.2, 0) is 4.79 Å². The zero-order valence-electron chi connectivity index (χ0n) is 10.6. The summed E-state index contributed by atoms with van der Waals surface area (Å²) in [7, 11) is 0. The molecule has 0 spiro atoms. The minimum Gasteiger partial charge on any atom is -0.481 e. The summed E-state index contributed by atoms with van der Waals surface area (Å²) in [6.07, 6.45) is 3.39. The van der Waals surface area contributed by atoms with E-state index in [1.54, 1.807) is 6.08 Å².